The van der Waals surface area contributed by atoms with E-state index in [1.165, 1.54) is 5.56 Å². The van der Waals surface area contributed by atoms with E-state index in [0.29, 0.717) is 11.8 Å². The first kappa shape index (κ1) is 17.5. The van der Waals surface area contributed by atoms with Gasteiger partial charge in [0.1, 0.15) is 0 Å². The van der Waals surface area contributed by atoms with Crippen LogP contribution in [0.5, 0.6) is 0 Å². The molecule has 2 saturated heterocycles. The van der Waals surface area contributed by atoms with E-state index in [1.54, 1.807) is 6.20 Å². The second kappa shape index (κ2) is 7.37. The van der Waals surface area contributed by atoms with E-state index in [4.69, 9.17) is 11.6 Å². The van der Waals surface area contributed by atoms with E-state index in [2.05, 4.69) is 20.9 Å². The molecule has 4 nitrogen and oxygen atoms in total. The third kappa shape index (κ3) is 3.76. The maximum Gasteiger partial charge on any atom is 0.222 e. The lowest BCUT2D eigenvalue weighted by Crippen LogP contribution is -2.57. The highest BCUT2D eigenvalue weighted by molar-refractivity contribution is 6.31. The lowest BCUT2D eigenvalue weighted by atomic mass is 9.79. The molecule has 5 heteroatoms. The number of carbonyl (C=O) groups excluding carboxylic acids is 1. The van der Waals surface area contributed by atoms with Gasteiger partial charge in [-0.3, -0.25) is 14.7 Å². The molecule has 0 N–H and O–H groups in total. The molecule has 2 fully saturated rings. The maximum atomic E-state index is 12.5. The van der Waals surface area contributed by atoms with Gasteiger partial charge in [0.2, 0.25) is 5.91 Å². The Morgan fingerprint density at radius 1 is 1.15 bits per heavy atom. The van der Waals surface area contributed by atoms with Crippen molar-refractivity contribution in [2.75, 3.05) is 26.2 Å². The van der Waals surface area contributed by atoms with Gasteiger partial charge in [-0.2, -0.15) is 0 Å². The third-order valence-electron chi connectivity index (χ3n) is 5.61. The van der Waals surface area contributed by atoms with Crippen LogP contribution in [0.3, 0.4) is 0 Å². The quantitative estimate of drug-likeness (QED) is 0.810. The molecule has 4 rings (SSSR count). The average Bonchev–Trinajstić information content (AvgIpc) is 3.08. The van der Waals surface area contributed by atoms with E-state index >= 15 is 0 Å². The number of halogens is 1. The number of nitrogens with zero attached hydrogens (tertiary/aromatic N) is 3. The topological polar surface area (TPSA) is 36.4 Å². The number of aromatic nitrogens is 1. The summed E-state index contributed by atoms with van der Waals surface area (Å²) in [4.78, 5) is 21.1. The van der Waals surface area contributed by atoms with Gasteiger partial charge in [-0.05, 0) is 36.1 Å². The molecule has 2 aliphatic heterocycles. The van der Waals surface area contributed by atoms with Crippen LogP contribution in [0.4, 0.5) is 0 Å². The Balaban J connectivity index is 1.25. The summed E-state index contributed by atoms with van der Waals surface area (Å²) < 4.78 is 0. The van der Waals surface area contributed by atoms with Crippen LogP contribution in [0.2, 0.25) is 5.02 Å². The first-order valence-corrected chi connectivity index (χ1v) is 9.64. The Morgan fingerprint density at radius 3 is 2.77 bits per heavy atom. The summed E-state index contributed by atoms with van der Waals surface area (Å²) in [6.45, 7) is 4.81. The van der Waals surface area contributed by atoms with Gasteiger partial charge in [0.05, 0.1) is 0 Å². The van der Waals surface area contributed by atoms with Crippen LogP contribution in [-0.2, 0) is 17.8 Å². The van der Waals surface area contributed by atoms with Gasteiger partial charge < -0.3 is 4.90 Å². The number of hydrogen-bond donors (Lipinski definition) is 0. The van der Waals surface area contributed by atoms with Gasteiger partial charge in [-0.25, -0.2) is 0 Å². The van der Waals surface area contributed by atoms with Gasteiger partial charge in [-0.1, -0.05) is 35.9 Å². The zero-order valence-electron chi connectivity index (χ0n) is 14.9. The summed E-state index contributed by atoms with van der Waals surface area (Å²) in [7, 11) is 0. The number of hydrogen-bond acceptors (Lipinski definition) is 3. The highest BCUT2D eigenvalue weighted by atomic mass is 35.5. The van der Waals surface area contributed by atoms with Crippen LogP contribution in [0.25, 0.3) is 0 Å². The average molecular weight is 370 g/mol. The molecule has 0 saturated carbocycles. The zero-order valence-corrected chi connectivity index (χ0v) is 15.7. The van der Waals surface area contributed by atoms with Crippen LogP contribution in [0, 0.1) is 5.41 Å². The maximum absolute atomic E-state index is 12.5. The predicted molar refractivity (Wildman–Crippen MR) is 103 cm³/mol. The van der Waals surface area contributed by atoms with E-state index < -0.39 is 0 Å². The lowest BCUT2D eigenvalue weighted by molar-refractivity contribution is -0.131. The van der Waals surface area contributed by atoms with E-state index in [1.807, 2.05) is 36.5 Å². The first-order valence-electron chi connectivity index (χ1n) is 9.26. The van der Waals surface area contributed by atoms with Gasteiger partial charge in [0, 0.05) is 62.0 Å². The summed E-state index contributed by atoms with van der Waals surface area (Å²) in [5.41, 5.74) is 2.61. The first-order chi connectivity index (χ1) is 12.6. The van der Waals surface area contributed by atoms with Crippen molar-refractivity contribution in [2.45, 2.75) is 25.8 Å². The normalized spacial score (nSPS) is 18.9. The Labute approximate surface area is 159 Å². The largest absolute Gasteiger partial charge is 0.342 e. The van der Waals surface area contributed by atoms with Gasteiger partial charge >= 0.3 is 0 Å². The van der Waals surface area contributed by atoms with Gasteiger partial charge in [0.15, 0.2) is 0 Å². The second-order valence-electron chi connectivity index (χ2n) is 7.66. The van der Waals surface area contributed by atoms with Crippen molar-refractivity contribution < 1.29 is 4.79 Å². The molecule has 3 heterocycles. The fourth-order valence-corrected chi connectivity index (χ4v) is 4.44. The summed E-state index contributed by atoms with van der Waals surface area (Å²) in [6.07, 6.45) is 6.07. The number of carbonyl (C=O) groups is 1. The van der Waals surface area contributed by atoms with Crippen molar-refractivity contribution >= 4 is 17.5 Å². The number of rotatable bonds is 5. The monoisotopic (exact) mass is 369 g/mol. The van der Waals surface area contributed by atoms with Crippen LogP contribution in [0.15, 0.2) is 48.8 Å². The van der Waals surface area contributed by atoms with Gasteiger partial charge in [0.25, 0.3) is 0 Å². The van der Waals surface area contributed by atoms with Crippen molar-refractivity contribution in [2.24, 2.45) is 5.41 Å². The van der Waals surface area contributed by atoms with Crippen molar-refractivity contribution in [3.05, 3.63) is 64.9 Å². The standard InChI is InChI=1S/C21H24ClN3O/c22-19-6-2-1-5-18(19)13-24-14-21(15-24)9-11-25(16-21)20(26)8-7-17-4-3-10-23-12-17/h1-6,10,12H,7-9,11,13-16H2. The number of amides is 1. The number of benzene rings is 1. The van der Waals surface area contributed by atoms with Crippen LogP contribution < -0.4 is 0 Å². The molecule has 26 heavy (non-hydrogen) atoms. The Kier molecular flexibility index (Phi) is 4.96. The molecule has 1 amide bonds. The summed E-state index contributed by atoms with van der Waals surface area (Å²) in [6, 6.07) is 12.0. The minimum atomic E-state index is 0.273. The summed E-state index contributed by atoms with van der Waals surface area (Å²) in [5.74, 6) is 0.273. The molecule has 136 valence electrons. The molecule has 1 aromatic carbocycles. The molecular formula is C21H24ClN3O. The fourth-order valence-electron chi connectivity index (χ4n) is 4.24. The van der Waals surface area contributed by atoms with Crippen molar-refractivity contribution in [3.8, 4) is 0 Å². The molecule has 0 bridgehead atoms. The Morgan fingerprint density at radius 2 is 2.00 bits per heavy atom. The molecule has 0 radical (unpaired) electrons. The zero-order chi connectivity index (χ0) is 18.0. The lowest BCUT2D eigenvalue weighted by Gasteiger charge is -2.48. The van der Waals surface area contributed by atoms with E-state index in [0.717, 1.165) is 56.2 Å². The number of likely N-dealkylation sites (tertiary alicyclic amines) is 2. The van der Waals surface area contributed by atoms with E-state index in [-0.39, 0.29) is 5.91 Å². The molecule has 0 aliphatic carbocycles. The van der Waals surface area contributed by atoms with Crippen molar-refractivity contribution in [3.63, 3.8) is 0 Å². The van der Waals surface area contributed by atoms with Gasteiger partial charge in [-0.15, -0.1) is 0 Å². The molecule has 1 aromatic heterocycles. The molecule has 0 atom stereocenters. The Hall–Kier alpha value is -1.91. The number of pyridine rings is 1. The number of aryl methyl sites for hydroxylation is 1. The van der Waals surface area contributed by atoms with Crippen molar-refractivity contribution in [1.82, 2.24) is 14.8 Å². The molecule has 1 spiro atoms. The summed E-state index contributed by atoms with van der Waals surface area (Å²) in [5, 5.41) is 0.840. The highest BCUT2D eigenvalue weighted by Crippen LogP contribution is 2.40. The second-order valence-corrected chi connectivity index (χ2v) is 8.07. The smallest absolute Gasteiger partial charge is 0.222 e. The van der Waals surface area contributed by atoms with E-state index in [9.17, 15) is 4.79 Å². The summed E-state index contributed by atoms with van der Waals surface area (Å²) >= 11 is 6.27. The SMILES string of the molecule is O=C(CCc1cccnc1)N1CCC2(CN(Cc3ccccc3Cl)C2)C1. The molecule has 2 aliphatic rings. The predicted octanol–water partition coefficient (Wildman–Crippen LogP) is 3.40. The van der Waals surface area contributed by atoms with Crippen LogP contribution >= 0.6 is 11.6 Å². The van der Waals surface area contributed by atoms with Crippen LogP contribution in [-0.4, -0.2) is 46.9 Å². The third-order valence-corrected chi connectivity index (χ3v) is 5.98. The van der Waals surface area contributed by atoms with Crippen molar-refractivity contribution in [1.29, 1.82) is 0 Å². The Bertz CT molecular complexity index is 774. The van der Waals surface area contributed by atoms with Crippen LogP contribution in [0.1, 0.15) is 24.0 Å². The molecule has 2 aromatic rings. The fraction of sp³-hybridized carbons (Fsp3) is 0.429. The minimum absolute atomic E-state index is 0.273. The highest BCUT2D eigenvalue weighted by Gasteiger charge is 2.48. The minimum Gasteiger partial charge on any atom is -0.342 e. The molecular weight excluding hydrogens is 346 g/mol. The molecule has 0 unspecified atom stereocenters.